The first-order chi connectivity index (χ1) is 14.4. The summed E-state index contributed by atoms with van der Waals surface area (Å²) in [6.45, 7) is -3.37. The van der Waals surface area contributed by atoms with Gasteiger partial charge in [0.15, 0.2) is 11.6 Å². The van der Waals surface area contributed by atoms with Gasteiger partial charge in [0.2, 0.25) is 5.91 Å². The van der Waals surface area contributed by atoms with E-state index in [-0.39, 0.29) is 25.3 Å². The number of alkyl halides is 2. The molecule has 2 aromatic rings. The van der Waals surface area contributed by atoms with Crippen LogP contribution in [-0.4, -0.2) is 31.4 Å². The zero-order valence-electron chi connectivity index (χ0n) is 15.9. The number of rotatable bonds is 10. The summed E-state index contributed by atoms with van der Waals surface area (Å²) in [6, 6.07) is 10.4. The van der Waals surface area contributed by atoms with Gasteiger partial charge < -0.3 is 14.9 Å². The number of nitrogens with one attached hydrogen (secondary N) is 1. The number of oxime groups is 1. The molecule has 2 aromatic carbocycles. The van der Waals surface area contributed by atoms with E-state index < -0.39 is 35.5 Å². The first-order valence-electron chi connectivity index (χ1n) is 9.36. The minimum Gasteiger partial charge on any atom is -0.434 e. The summed E-state index contributed by atoms with van der Waals surface area (Å²) in [4.78, 5) is 17.4. The van der Waals surface area contributed by atoms with Crippen molar-refractivity contribution in [3.8, 4) is 5.75 Å². The molecule has 9 heteroatoms. The lowest BCUT2D eigenvalue weighted by Gasteiger charge is -2.15. The molecule has 0 saturated heterocycles. The van der Waals surface area contributed by atoms with Gasteiger partial charge in [0.05, 0.1) is 18.5 Å². The van der Waals surface area contributed by atoms with Crippen LogP contribution in [0.4, 0.5) is 17.6 Å². The molecule has 3 rings (SSSR count). The van der Waals surface area contributed by atoms with E-state index in [1.54, 1.807) is 30.3 Å². The van der Waals surface area contributed by atoms with Crippen LogP contribution in [0.25, 0.3) is 0 Å². The Morgan fingerprint density at radius 3 is 2.53 bits per heavy atom. The Balaban J connectivity index is 1.80. The van der Waals surface area contributed by atoms with Crippen molar-refractivity contribution in [1.82, 2.24) is 5.32 Å². The summed E-state index contributed by atoms with van der Waals surface area (Å²) < 4.78 is 58.1. The van der Waals surface area contributed by atoms with Crippen molar-refractivity contribution in [2.45, 2.75) is 25.9 Å². The predicted octanol–water partition coefficient (Wildman–Crippen LogP) is 4.06. The summed E-state index contributed by atoms with van der Waals surface area (Å²) in [5, 5.41) is 6.32. The van der Waals surface area contributed by atoms with Gasteiger partial charge in [-0.2, -0.15) is 8.78 Å². The van der Waals surface area contributed by atoms with Crippen molar-refractivity contribution in [1.29, 1.82) is 0 Å². The lowest BCUT2D eigenvalue weighted by Crippen LogP contribution is -2.32. The molecule has 1 aliphatic carbocycles. The zero-order chi connectivity index (χ0) is 21.5. The Morgan fingerprint density at radius 2 is 1.87 bits per heavy atom. The maximum atomic E-state index is 14.5. The molecule has 1 fully saturated rings. The summed E-state index contributed by atoms with van der Waals surface area (Å²) in [7, 11) is 0. The van der Waals surface area contributed by atoms with Crippen molar-refractivity contribution in [2.24, 2.45) is 11.1 Å². The van der Waals surface area contributed by atoms with Gasteiger partial charge in [-0.1, -0.05) is 35.5 Å². The Hall–Kier alpha value is -3.10. The van der Waals surface area contributed by atoms with Crippen LogP contribution in [0.5, 0.6) is 5.75 Å². The molecule has 5 nitrogen and oxygen atoms in total. The van der Waals surface area contributed by atoms with Crippen LogP contribution in [0.15, 0.2) is 47.6 Å². The molecule has 1 saturated carbocycles. The highest BCUT2D eigenvalue weighted by Crippen LogP contribution is 2.29. The molecule has 0 spiro atoms. The highest BCUT2D eigenvalue weighted by Gasteiger charge is 2.25. The van der Waals surface area contributed by atoms with Crippen LogP contribution < -0.4 is 10.1 Å². The second-order valence-corrected chi connectivity index (χ2v) is 6.83. The lowest BCUT2D eigenvalue weighted by atomic mass is 10.1. The molecule has 0 aromatic heterocycles. The fourth-order valence-corrected chi connectivity index (χ4v) is 2.69. The number of carbonyl (C=O) groups is 1. The van der Waals surface area contributed by atoms with Gasteiger partial charge in [0, 0.05) is 0 Å². The largest absolute Gasteiger partial charge is 0.434 e. The minimum absolute atomic E-state index is 0.0447. The number of ether oxygens (including phenoxy) is 1. The first-order valence-corrected chi connectivity index (χ1v) is 9.36. The Morgan fingerprint density at radius 1 is 1.13 bits per heavy atom. The monoisotopic (exact) mass is 424 g/mol. The molecule has 0 heterocycles. The second kappa shape index (κ2) is 10.1. The number of nitrogens with zero attached hydrogens (tertiary/aromatic N) is 1. The summed E-state index contributed by atoms with van der Waals surface area (Å²) >= 11 is 0. The molecular weight excluding hydrogens is 404 g/mol. The average molecular weight is 424 g/mol. The van der Waals surface area contributed by atoms with Crippen molar-refractivity contribution in [3.63, 3.8) is 0 Å². The van der Waals surface area contributed by atoms with Crippen LogP contribution in [-0.2, 0) is 16.1 Å². The number of hydrogen-bond acceptors (Lipinski definition) is 4. The third kappa shape index (κ3) is 6.20. The number of amides is 1. The third-order valence-corrected chi connectivity index (χ3v) is 4.40. The Kier molecular flexibility index (Phi) is 7.26. The average Bonchev–Trinajstić information content (AvgIpc) is 3.53. The van der Waals surface area contributed by atoms with Gasteiger partial charge in [0.1, 0.15) is 18.1 Å². The first kappa shape index (κ1) is 21.6. The number of carbonyl (C=O) groups excluding carboxylic acids is 1. The van der Waals surface area contributed by atoms with E-state index in [2.05, 4.69) is 15.2 Å². The fraction of sp³-hybridized carbons (Fsp3) is 0.333. The Labute approximate surface area is 170 Å². The van der Waals surface area contributed by atoms with Crippen molar-refractivity contribution in [3.05, 3.63) is 65.2 Å². The van der Waals surface area contributed by atoms with Crippen LogP contribution >= 0.6 is 0 Å². The van der Waals surface area contributed by atoms with Crippen molar-refractivity contribution >= 4 is 11.6 Å². The standard InChI is InChI=1S/C21H20F4N2O3/c22-15-8-9-17(30-21(24)25)19(20(15)23)16(27-29-12-14-6-7-14)11-26-18(28)10-13-4-2-1-3-5-13/h1-5,8-9,14,21H,6-7,10-12H2,(H,26,28)/b27-16-. The maximum Gasteiger partial charge on any atom is 0.387 e. The van der Waals surface area contributed by atoms with Crippen LogP contribution in [0.2, 0.25) is 0 Å². The molecule has 0 aliphatic heterocycles. The minimum atomic E-state index is -3.25. The molecular formula is C21H20F4N2O3. The molecule has 0 atom stereocenters. The van der Waals surface area contributed by atoms with Gasteiger partial charge in [-0.05, 0) is 36.5 Å². The molecule has 30 heavy (non-hydrogen) atoms. The van der Waals surface area contributed by atoms with Crippen molar-refractivity contribution in [2.75, 3.05) is 13.2 Å². The van der Waals surface area contributed by atoms with Gasteiger partial charge >= 0.3 is 6.61 Å². The third-order valence-electron chi connectivity index (χ3n) is 4.40. The number of halogens is 4. The molecule has 0 radical (unpaired) electrons. The van der Waals surface area contributed by atoms with Gasteiger partial charge in [-0.3, -0.25) is 4.79 Å². The van der Waals surface area contributed by atoms with Crippen LogP contribution in [0, 0.1) is 17.6 Å². The number of benzene rings is 2. The van der Waals surface area contributed by atoms with E-state index >= 15 is 0 Å². The van der Waals surface area contributed by atoms with E-state index in [0.29, 0.717) is 12.0 Å². The van der Waals surface area contributed by atoms with Crippen molar-refractivity contribution < 1.29 is 31.9 Å². The highest BCUT2D eigenvalue weighted by molar-refractivity contribution is 6.05. The quantitative estimate of drug-likeness (QED) is 0.356. The summed E-state index contributed by atoms with van der Waals surface area (Å²) in [5.41, 5.74) is -0.132. The van der Waals surface area contributed by atoms with E-state index in [1.807, 2.05) is 0 Å². The van der Waals surface area contributed by atoms with E-state index in [1.165, 1.54) is 0 Å². The second-order valence-electron chi connectivity index (χ2n) is 6.83. The van der Waals surface area contributed by atoms with Gasteiger partial charge in [0.25, 0.3) is 0 Å². The van der Waals surface area contributed by atoms with Crippen LogP contribution in [0.3, 0.4) is 0 Å². The topological polar surface area (TPSA) is 59.9 Å². The van der Waals surface area contributed by atoms with Crippen LogP contribution in [0.1, 0.15) is 24.0 Å². The van der Waals surface area contributed by atoms with Gasteiger partial charge in [-0.15, -0.1) is 0 Å². The van der Waals surface area contributed by atoms with E-state index in [4.69, 9.17) is 4.84 Å². The molecule has 0 bridgehead atoms. The fourth-order valence-electron chi connectivity index (χ4n) is 2.69. The zero-order valence-corrected chi connectivity index (χ0v) is 15.9. The highest BCUT2D eigenvalue weighted by atomic mass is 19.3. The SMILES string of the molecule is O=C(Cc1ccccc1)NC/C(=N/OCC1CC1)c1c(OC(F)F)ccc(F)c1F. The Bertz CT molecular complexity index is 903. The lowest BCUT2D eigenvalue weighted by molar-refractivity contribution is -0.120. The van der Waals surface area contributed by atoms with E-state index in [0.717, 1.165) is 24.5 Å². The smallest absolute Gasteiger partial charge is 0.387 e. The molecule has 0 unspecified atom stereocenters. The summed E-state index contributed by atoms with van der Waals surface area (Å²) in [5.74, 6) is -3.38. The predicted molar refractivity (Wildman–Crippen MR) is 101 cm³/mol. The molecule has 160 valence electrons. The molecule has 1 N–H and O–H groups in total. The van der Waals surface area contributed by atoms with E-state index in [9.17, 15) is 22.4 Å². The molecule has 1 aliphatic rings. The molecule has 1 amide bonds. The van der Waals surface area contributed by atoms with Gasteiger partial charge in [-0.25, -0.2) is 8.78 Å². The maximum absolute atomic E-state index is 14.5. The number of hydrogen-bond donors (Lipinski definition) is 1. The normalized spacial score (nSPS) is 14.0. The summed E-state index contributed by atoms with van der Waals surface area (Å²) in [6.07, 6.45) is 1.97.